The van der Waals surface area contributed by atoms with E-state index in [9.17, 15) is 14.4 Å². The molecule has 0 N–H and O–H groups in total. The van der Waals surface area contributed by atoms with Crippen LogP contribution in [0.1, 0.15) is 31.1 Å². The molecule has 0 unspecified atom stereocenters. The zero-order valence-electron chi connectivity index (χ0n) is 16.3. The summed E-state index contributed by atoms with van der Waals surface area (Å²) in [6.45, 7) is 6.11. The Kier molecular flexibility index (Phi) is 5.39. The Labute approximate surface area is 161 Å². The summed E-state index contributed by atoms with van der Waals surface area (Å²) in [4.78, 5) is 47.0. The van der Waals surface area contributed by atoms with Gasteiger partial charge in [0.15, 0.2) is 5.65 Å². The van der Waals surface area contributed by atoms with Crippen molar-refractivity contribution in [3.05, 3.63) is 56.9 Å². The molecule has 0 aliphatic carbocycles. The lowest BCUT2D eigenvalue weighted by Gasteiger charge is -2.16. The van der Waals surface area contributed by atoms with Gasteiger partial charge in [-0.3, -0.25) is 18.9 Å². The number of hydrogen-bond donors (Lipinski definition) is 0. The molecule has 3 aromatic rings. The first kappa shape index (κ1) is 19.5. The van der Waals surface area contributed by atoms with E-state index in [1.807, 2.05) is 13.8 Å². The van der Waals surface area contributed by atoms with Gasteiger partial charge in [-0.15, -0.1) is 0 Å². The molecule has 0 aromatic carbocycles. The highest BCUT2D eigenvalue weighted by atomic mass is 16.5. The maximum absolute atomic E-state index is 12.9. The fourth-order valence-corrected chi connectivity index (χ4v) is 3.01. The van der Waals surface area contributed by atoms with E-state index in [2.05, 4.69) is 9.97 Å². The molecule has 0 fully saturated rings. The lowest BCUT2D eigenvalue weighted by molar-refractivity contribution is 0.0528. The summed E-state index contributed by atoms with van der Waals surface area (Å²) >= 11 is 0. The molecule has 0 atom stereocenters. The molecule has 0 saturated heterocycles. The molecule has 146 valence electrons. The van der Waals surface area contributed by atoms with Gasteiger partial charge < -0.3 is 4.74 Å². The number of esters is 1. The van der Waals surface area contributed by atoms with Gasteiger partial charge in [-0.2, -0.15) is 0 Å². The van der Waals surface area contributed by atoms with Crippen LogP contribution in [0.5, 0.6) is 0 Å². The molecule has 0 aliphatic heterocycles. The Balaban J connectivity index is 2.48. The van der Waals surface area contributed by atoms with Gasteiger partial charge >= 0.3 is 11.7 Å². The zero-order chi connectivity index (χ0) is 20.4. The molecule has 0 saturated carbocycles. The lowest BCUT2D eigenvalue weighted by atomic mass is 10.1. The molecule has 8 nitrogen and oxygen atoms in total. The average molecular weight is 382 g/mol. The van der Waals surface area contributed by atoms with Gasteiger partial charge in [0.1, 0.15) is 0 Å². The molecule has 28 heavy (non-hydrogen) atoms. The standard InChI is InChI=1S/C20H22N4O4/c1-5-28-19(26)13-10-15(14-8-6-7-9-21-14)22-17-16(13)18(25)23(4)20(27)24(17)11-12(2)3/h6-10,12H,5,11H2,1-4H3. The molecule has 0 aliphatic rings. The zero-order valence-corrected chi connectivity index (χ0v) is 16.3. The van der Waals surface area contributed by atoms with Crippen molar-refractivity contribution in [1.29, 1.82) is 0 Å². The Morgan fingerprint density at radius 2 is 1.96 bits per heavy atom. The second-order valence-corrected chi connectivity index (χ2v) is 6.84. The maximum Gasteiger partial charge on any atom is 0.339 e. The van der Waals surface area contributed by atoms with Crippen molar-refractivity contribution < 1.29 is 9.53 Å². The van der Waals surface area contributed by atoms with Crippen LogP contribution in [-0.4, -0.2) is 31.7 Å². The Morgan fingerprint density at radius 3 is 2.57 bits per heavy atom. The summed E-state index contributed by atoms with van der Waals surface area (Å²) < 4.78 is 7.57. The van der Waals surface area contributed by atoms with E-state index in [0.29, 0.717) is 17.9 Å². The van der Waals surface area contributed by atoms with Crippen molar-refractivity contribution in [3.63, 3.8) is 0 Å². The molecule has 0 bridgehead atoms. The number of pyridine rings is 2. The van der Waals surface area contributed by atoms with Gasteiger partial charge in [-0.1, -0.05) is 19.9 Å². The largest absolute Gasteiger partial charge is 0.462 e. The molecular weight excluding hydrogens is 360 g/mol. The molecule has 0 radical (unpaired) electrons. The number of nitrogens with zero attached hydrogens (tertiary/aromatic N) is 4. The van der Waals surface area contributed by atoms with Gasteiger partial charge in [0.25, 0.3) is 5.56 Å². The van der Waals surface area contributed by atoms with Gasteiger partial charge in [0, 0.05) is 19.8 Å². The first-order chi connectivity index (χ1) is 13.3. The number of ether oxygens (including phenoxy) is 1. The predicted molar refractivity (Wildman–Crippen MR) is 105 cm³/mol. The fraction of sp³-hybridized carbons (Fsp3) is 0.350. The second-order valence-electron chi connectivity index (χ2n) is 6.84. The highest BCUT2D eigenvalue weighted by molar-refractivity contribution is 6.03. The SMILES string of the molecule is CCOC(=O)c1cc(-c2ccccn2)nc2c1c(=O)n(C)c(=O)n2CC(C)C. The molecule has 3 heterocycles. The summed E-state index contributed by atoms with van der Waals surface area (Å²) in [5.74, 6) is -0.510. The summed E-state index contributed by atoms with van der Waals surface area (Å²) in [6.07, 6.45) is 1.61. The van der Waals surface area contributed by atoms with Crippen molar-refractivity contribution in [1.82, 2.24) is 19.1 Å². The number of rotatable bonds is 5. The fourth-order valence-electron chi connectivity index (χ4n) is 3.01. The summed E-state index contributed by atoms with van der Waals surface area (Å²) in [6, 6.07) is 6.80. The molecule has 0 spiro atoms. The first-order valence-corrected chi connectivity index (χ1v) is 9.08. The number of hydrogen-bond acceptors (Lipinski definition) is 6. The summed E-state index contributed by atoms with van der Waals surface area (Å²) in [5.41, 5.74) is 0.0916. The minimum atomic E-state index is -0.640. The number of carbonyl (C=O) groups is 1. The van der Waals surface area contributed by atoms with Crippen molar-refractivity contribution in [2.45, 2.75) is 27.3 Å². The number of fused-ring (bicyclic) bond motifs is 1. The van der Waals surface area contributed by atoms with Crippen LogP contribution in [0, 0.1) is 5.92 Å². The van der Waals surface area contributed by atoms with E-state index in [1.165, 1.54) is 17.7 Å². The normalized spacial score (nSPS) is 11.2. The Hall–Kier alpha value is -3.29. The van der Waals surface area contributed by atoms with Crippen molar-refractivity contribution in [3.8, 4) is 11.4 Å². The van der Waals surface area contributed by atoms with E-state index < -0.39 is 17.2 Å². The van der Waals surface area contributed by atoms with E-state index >= 15 is 0 Å². The van der Waals surface area contributed by atoms with Crippen molar-refractivity contribution >= 4 is 17.0 Å². The highest BCUT2D eigenvalue weighted by Gasteiger charge is 2.22. The minimum absolute atomic E-state index is 0.0703. The third-order valence-electron chi connectivity index (χ3n) is 4.26. The predicted octanol–water partition coefficient (Wildman–Crippen LogP) is 1.99. The summed E-state index contributed by atoms with van der Waals surface area (Å²) in [5, 5.41) is 0.0703. The van der Waals surface area contributed by atoms with Crippen LogP contribution in [0.2, 0.25) is 0 Å². The van der Waals surface area contributed by atoms with Crippen LogP contribution < -0.4 is 11.2 Å². The van der Waals surface area contributed by atoms with E-state index in [4.69, 9.17) is 4.74 Å². The van der Waals surface area contributed by atoms with Crippen LogP contribution in [0.3, 0.4) is 0 Å². The van der Waals surface area contributed by atoms with E-state index in [0.717, 1.165) is 4.57 Å². The quantitative estimate of drug-likeness (QED) is 0.626. The van der Waals surface area contributed by atoms with Crippen LogP contribution in [-0.2, 0) is 18.3 Å². The number of aromatic nitrogens is 4. The van der Waals surface area contributed by atoms with Crippen LogP contribution in [0.25, 0.3) is 22.4 Å². The van der Waals surface area contributed by atoms with Crippen LogP contribution in [0.4, 0.5) is 0 Å². The van der Waals surface area contributed by atoms with Gasteiger partial charge in [-0.05, 0) is 31.0 Å². The highest BCUT2D eigenvalue weighted by Crippen LogP contribution is 2.22. The molecule has 3 rings (SSSR count). The Morgan fingerprint density at radius 1 is 1.21 bits per heavy atom. The maximum atomic E-state index is 12.9. The molecular formula is C20H22N4O4. The van der Waals surface area contributed by atoms with E-state index in [-0.39, 0.29) is 29.1 Å². The van der Waals surface area contributed by atoms with Crippen LogP contribution in [0.15, 0.2) is 40.1 Å². The Bertz CT molecular complexity index is 1150. The minimum Gasteiger partial charge on any atom is -0.462 e. The first-order valence-electron chi connectivity index (χ1n) is 9.08. The van der Waals surface area contributed by atoms with Crippen LogP contribution >= 0.6 is 0 Å². The summed E-state index contributed by atoms with van der Waals surface area (Å²) in [7, 11) is 1.39. The smallest absolute Gasteiger partial charge is 0.339 e. The van der Waals surface area contributed by atoms with Gasteiger partial charge in [0.2, 0.25) is 0 Å². The van der Waals surface area contributed by atoms with Gasteiger partial charge in [0.05, 0.1) is 28.9 Å². The third-order valence-corrected chi connectivity index (χ3v) is 4.26. The second kappa shape index (κ2) is 7.75. The molecule has 8 heteroatoms. The average Bonchev–Trinajstić information content (AvgIpc) is 2.69. The number of carbonyl (C=O) groups excluding carboxylic acids is 1. The van der Waals surface area contributed by atoms with Gasteiger partial charge in [-0.25, -0.2) is 14.6 Å². The molecule has 3 aromatic heterocycles. The van der Waals surface area contributed by atoms with E-state index in [1.54, 1.807) is 31.3 Å². The lowest BCUT2D eigenvalue weighted by Crippen LogP contribution is -2.40. The third kappa shape index (κ3) is 3.45. The van der Waals surface area contributed by atoms with Crippen molar-refractivity contribution in [2.24, 2.45) is 13.0 Å². The van der Waals surface area contributed by atoms with Crippen molar-refractivity contribution in [2.75, 3.05) is 6.61 Å². The molecule has 0 amide bonds. The monoisotopic (exact) mass is 382 g/mol. The topological polar surface area (TPSA) is 96.1 Å².